The highest BCUT2D eigenvalue weighted by atomic mass is 16.3. The number of nitrogens with zero attached hydrogens (tertiary/aromatic N) is 1. The summed E-state index contributed by atoms with van der Waals surface area (Å²) >= 11 is 0. The Morgan fingerprint density at radius 3 is 3.11 bits per heavy atom. The number of rotatable bonds is 2. The smallest absolute Gasteiger partial charge is 0.116 e. The largest absolute Gasteiger partial charge is 0.508 e. The SMILES string of the molecule is Oc1ccc2n[nH]c(/C=C/C3C=CC=CC3)c2c1. The van der Waals surface area contributed by atoms with E-state index < -0.39 is 0 Å². The number of fused-ring (bicyclic) bond motifs is 1. The molecule has 2 aromatic rings. The fourth-order valence-electron chi connectivity index (χ4n) is 2.11. The lowest BCUT2D eigenvalue weighted by molar-refractivity contribution is 0.476. The van der Waals surface area contributed by atoms with Crippen LogP contribution >= 0.6 is 0 Å². The molecule has 3 rings (SSSR count). The normalized spacial score (nSPS) is 19.0. The van der Waals surface area contributed by atoms with E-state index in [9.17, 15) is 5.11 Å². The molecule has 3 heteroatoms. The Morgan fingerprint density at radius 2 is 2.28 bits per heavy atom. The van der Waals surface area contributed by atoms with Gasteiger partial charge in [-0.1, -0.05) is 30.4 Å². The zero-order valence-electron chi connectivity index (χ0n) is 9.88. The molecule has 1 aromatic heterocycles. The van der Waals surface area contributed by atoms with Crippen molar-refractivity contribution in [3.05, 3.63) is 54.3 Å². The molecule has 0 amide bonds. The second-order valence-electron chi connectivity index (χ2n) is 4.41. The van der Waals surface area contributed by atoms with E-state index in [0.717, 1.165) is 23.0 Å². The molecule has 0 bridgehead atoms. The van der Waals surface area contributed by atoms with E-state index in [1.807, 2.05) is 12.1 Å². The standard InChI is InChI=1S/C15H14N2O/c18-12-7-9-15-13(10-12)14(16-17-15)8-6-11-4-2-1-3-5-11/h1-4,6-11,18H,5H2,(H,16,17)/b8-6+. The summed E-state index contributed by atoms with van der Waals surface area (Å²) < 4.78 is 0. The molecule has 2 N–H and O–H groups in total. The number of hydrogen-bond acceptors (Lipinski definition) is 2. The molecule has 1 unspecified atom stereocenters. The van der Waals surface area contributed by atoms with E-state index in [4.69, 9.17) is 0 Å². The molecular weight excluding hydrogens is 224 g/mol. The summed E-state index contributed by atoms with van der Waals surface area (Å²) in [5, 5.41) is 17.6. The number of hydrogen-bond donors (Lipinski definition) is 2. The predicted molar refractivity (Wildman–Crippen MR) is 73.2 cm³/mol. The van der Waals surface area contributed by atoms with E-state index in [0.29, 0.717) is 5.92 Å². The van der Waals surface area contributed by atoms with Gasteiger partial charge in [0.15, 0.2) is 0 Å². The minimum absolute atomic E-state index is 0.263. The molecular formula is C15H14N2O. The number of nitrogens with one attached hydrogen (secondary N) is 1. The van der Waals surface area contributed by atoms with Crippen molar-refractivity contribution < 1.29 is 5.11 Å². The first-order valence-corrected chi connectivity index (χ1v) is 6.01. The molecule has 18 heavy (non-hydrogen) atoms. The molecule has 1 atom stereocenters. The second-order valence-corrected chi connectivity index (χ2v) is 4.41. The van der Waals surface area contributed by atoms with Gasteiger partial charge < -0.3 is 5.11 Å². The molecule has 1 aromatic carbocycles. The van der Waals surface area contributed by atoms with Crippen molar-refractivity contribution in [2.75, 3.05) is 0 Å². The van der Waals surface area contributed by atoms with Crippen molar-refractivity contribution in [3.8, 4) is 5.75 Å². The minimum Gasteiger partial charge on any atom is -0.508 e. The van der Waals surface area contributed by atoms with Gasteiger partial charge in [-0.2, -0.15) is 5.10 Å². The molecule has 0 spiro atoms. The van der Waals surface area contributed by atoms with Gasteiger partial charge in [-0.05, 0) is 36.6 Å². The van der Waals surface area contributed by atoms with Crippen LogP contribution in [0.15, 0.2) is 48.6 Å². The van der Waals surface area contributed by atoms with Gasteiger partial charge in [-0.25, -0.2) is 0 Å². The Kier molecular flexibility index (Phi) is 2.73. The third kappa shape index (κ3) is 2.07. The first-order valence-electron chi connectivity index (χ1n) is 6.01. The number of benzene rings is 1. The highest BCUT2D eigenvalue weighted by Crippen LogP contribution is 2.23. The highest BCUT2D eigenvalue weighted by Gasteiger charge is 2.05. The van der Waals surface area contributed by atoms with Crippen LogP contribution in [0.3, 0.4) is 0 Å². The number of aromatic nitrogens is 2. The van der Waals surface area contributed by atoms with Gasteiger partial charge in [-0.15, -0.1) is 0 Å². The van der Waals surface area contributed by atoms with E-state index in [-0.39, 0.29) is 5.75 Å². The number of phenols is 1. The zero-order valence-corrected chi connectivity index (χ0v) is 9.88. The number of H-pyrrole nitrogens is 1. The molecule has 0 aliphatic heterocycles. The van der Waals surface area contributed by atoms with Crippen LogP contribution in [0.4, 0.5) is 0 Å². The van der Waals surface area contributed by atoms with Crippen molar-refractivity contribution in [1.82, 2.24) is 10.2 Å². The fourth-order valence-corrected chi connectivity index (χ4v) is 2.11. The molecule has 1 heterocycles. The number of aromatic amines is 1. The lowest BCUT2D eigenvalue weighted by Gasteiger charge is -2.06. The van der Waals surface area contributed by atoms with E-state index in [2.05, 4.69) is 40.6 Å². The van der Waals surface area contributed by atoms with Crippen LogP contribution in [-0.4, -0.2) is 15.3 Å². The summed E-state index contributed by atoms with van der Waals surface area (Å²) in [4.78, 5) is 0. The molecule has 0 radical (unpaired) electrons. The second kappa shape index (κ2) is 4.53. The Bertz CT molecular complexity index is 650. The third-order valence-corrected chi connectivity index (χ3v) is 3.09. The van der Waals surface area contributed by atoms with Crippen molar-refractivity contribution in [3.63, 3.8) is 0 Å². The summed E-state index contributed by atoms with van der Waals surface area (Å²) in [6, 6.07) is 5.18. The van der Waals surface area contributed by atoms with Gasteiger partial charge >= 0.3 is 0 Å². The minimum atomic E-state index is 0.263. The predicted octanol–water partition coefficient (Wildman–Crippen LogP) is 3.41. The molecule has 0 saturated carbocycles. The van der Waals surface area contributed by atoms with Crippen LogP contribution < -0.4 is 0 Å². The monoisotopic (exact) mass is 238 g/mol. The first kappa shape index (κ1) is 10.8. The van der Waals surface area contributed by atoms with Crippen LogP contribution in [0.25, 0.3) is 17.0 Å². The van der Waals surface area contributed by atoms with Crippen LogP contribution in [0.2, 0.25) is 0 Å². The topological polar surface area (TPSA) is 48.9 Å². The quantitative estimate of drug-likeness (QED) is 0.842. The molecule has 1 aliphatic rings. The summed E-state index contributed by atoms with van der Waals surface area (Å²) in [7, 11) is 0. The Labute approximate surface area is 105 Å². The van der Waals surface area contributed by atoms with Crippen LogP contribution in [0.5, 0.6) is 5.75 Å². The van der Waals surface area contributed by atoms with Gasteiger partial charge in [-0.3, -0.25) is 5.10 Å². The van der Waals surface area contributed by atoms with Crippen LogP contribution in [0, 0.1) is 5.92 Å². The van der Waals surface area contributed by atoms with Gasteiger partial charge in [0.2, 0.25) is 0 Å². The maximum absolute atomic E-state index is 9.50. The summed E-state index contributed by atoms with van der Waals surface area (Å²) in [6.45, 7) is 0. The van der Waals surface area contributed by atoms with E-state index in [1.165, 1.54) is 0 Å². The molecule has 0 fully saturated rings. The van der Waals surface area contributed by atoms with Crippen molar-refractivity contribution >= 4 is 17.0 Å². The van der Waals surface area contributed by atoms with Crippen LogP contribution in [-0.2, 0) is 0 Å². The third-order valence-electron chi connectivity index (χ3n) is 3.09. The molecule has 90 valence electrons. The van der Waals surface area contributed by atoms with Crippen molar-refractivity contribution in [2.24, 2.45) is 5.92 Å². The number of phenolic OH excluding ortho intramolecular Hbond substituents is 1. The Morgan fingerprint density at radius 1 is 1.33 bits per heavy atom. The van der Waals surface area contributed by atoms with Crippen molar-refractivity contribution in [2.45, 2.75) is 6.42 Å². The molecule has 3 nitrogen and oxygen atoms in total. The van der Waals surface area contributed by atoms with Gasteiger partial charge in [0.05, 0.1) is 11.2 Å². The summed E-state index contributed by atoms with van der Waals surface area (Å²) in [5.74, 6) is 0.699. The lowest BCUT2D eigenvalue weighted by Crippen LogP contribution is -1.91. The number of aromatic hydroxyl groups is 1. The maximum atomic E-state index is 9.50. The lowest BCUT2D eigenvalue weighted by atomic mass is 10.00. The van der Waals surface area contributed by atoms with Gasteiger partial charge in [0, 0.05) is 5.39 Å². The van der Waals surface area contributed by atoms with E-state index >= 15 is 0 Å². The first-order chi connectivity index (χ1) is 8.83. The van der Waals surface area contributed by atoms with E-state index in [1.54, 1.807) is 12.1 Å². The molecule has 0 saturated heterocycles. The Hall–Kier alpha value is -2.29. The summed E-state index contributed by atoms with van der Waals surface area (Å²) in [5.41, 5.74) is 1.80. The Balaban J connectivity index is 1.90. The summed E-state index contributed by atoms with van der Waals surface area (Å²) in [6.07, 6.45) is 13.7. The van der Waals surface area contributed by atoms with Crippen molar-refractivity contribution in [1.29, 1.82) is 0 Å². The zero-order chi connectivity index (χ0) is 12.4. The fraction of sp³-hybridized carbons (Fsp3) is 0.133. The number of allylic oxidation sites excluding steroid dienone is 5. The highest BCUT2D eigenvalue weighted by molar-refractivity contribution is 5.87. The maximum Gasteiger partial charge on any atom is 0.116 e. The average Bonchev–Trinajstić information content (AvgIpc) is 2.80. The molecule has 1 aliphatic carbocycles. The average molecular weight is 238 g/mol. The van der Waals surface area contributed by atoms with Crippen LogP contribution in [0.1, 0.15) is 12.1 Å². The van der Waals surface area contributed by atoms with Gasteiger partial charge in [0.25, 0.3) is 0 Å². The van der Waals surface area contributed by atoms with Gasteiger partial charge in [0.1, 0.15) is 5.75 Å².